The molecule has 0 aliphatic carbocycles. The molecule has 18 heavy (non-hydrogen) atoms. The molecule has 1 unspecified atom stereocenters. The third-order valence-electron chi connectivity index (χ3n) is 1.83. The molecule has 0 spiro atoms. The zero-order valence-corrected chi connectivity index (χ0v) is 11.1. The van der Waals surface area contributed by atoms with Crippen LogP contribution in [0.15, 0.2) is 28.7 Å². The molecule has 0 aliphatic rings. The van der Waals surface area contributed by atoms with E-state index in [0.717, 1.165) is 0 Å². The minimum atomic E-state index is -4.91. The molecule has 0 saturated heterocycles. The highest BCUT2D eigenvalue weighted by Gasteiger charge is 2.44. The van der Waals surface area contributed by atoms with Crippen LogP contribution in [0, 0.1) is 0 Å². The highest BCUT2D eigenvalue weighted by Crippen LogP contribution is 2.30. The molecule has 1 rings (SSSR count). The molecule has 102 valence electrons. The smallest absolute Gasteiger partial charge is 0.426 e. The molecule has 0 aromatic heterocycles. The summed E-state index contributed by atoms with van der Waals surface area (Å²) in [4.78, 5) is 0. The molecule has 1 atom stereocenters. The number of ether oxygens (including phenoxy) is 1. The van der Waals surface area contributed by atoms with Crippen LogP contribution in [-0.2, 0) is 10.1 Å². The highest BCUT2D eigenvalue weighted by atomic mass is 79.9. The van der Waals surface area contributed by atoms with Crippen LogP contribution in [0.4, 0.5) is 13.2 Å². The van der Waals surface area contributed by atoms with E-state index in [1.165, 1.54) is 18.2 Å². The number of hydrogen-bond donors (Lipinski definition) is 1. The summed E-state index contributed by atoms with van der Waals surface area (Å²) in [5, 5.41) is 0. The quantitative estimate of drug-likeness (QED) is 0.849. The number of halogens is 4. The lowest BCUT2D eigenvalue weighted by Crippen LogP contribution is -2.40. The normalized spacial score (nSPS) is 14.3. The van der Waals surface area contributed by atoms with Crippen molar-refractivity contribution in [3.8, 4) is 5.75 Å². The SMILES string of the molecule is O=S(=O)(O)CC(Oc1ccccc1Br)C(F)(F)F. The van der Waals surface area contributed by atoms with Crippen LogP contribution in [0.5, 0.6) is 5.75 Å². The Balaban J connectivity index is 2.97. The number of hydrogen-bond acceptors (Lipinski definition) is 3. The predicted octanol–water partition coefficient (Wildman–Crippen LogP) is 2.65. The Bertz CT molecular complexity index is 515. The maximum Gasteiger partial charge on any atom is 0.426 e. The van der Waals surface area contributed by atoms with Crippen molar-refractivity contribution in [3.05, 3.63) is 28.7 Å². The molecule has 0 saturated carbocycles. The lowest BCUT2D eigenvalue weighted by molar-refractivity contribution is -0.188. The summed E-state index contributed by atoms with van der Waals surface area (Å²) in [5.74, 6) is -1.72. The third kappa shape index (κ3) is 4.83. The van der Waals surface area contributed by atoms with Crippen molar-refractivity contribution in [2.24, 2.45) is 0 Å². The summed E-state index contributed by atoms with van der Waals surface area (Å²) in [6, 6.07) is 5.67. The molecule has 0 radical (unpaired) electrons. The number of para-hydroxylation sites is 1. The monoisotopic (exact) mass is 348 g/mol. The molecule has 0 fully saturated rings. The first-order chi connectivity index (χ1) is 8.09. The standard InChI is InChI=1S/C9H8BrF3O4S/c10-6-3-1-2-4-7(6)17-8(9(11,12)13)5-18(14,15)16/h1-4,8H,5H2,(H,14,15,16). The van der Waals surface area contributed by atoms with Crippen molar-refractivity contribution in [1.82, 2.24) is 0 Å². The van der Waals surface area contributed by atoms with Crippen LogP contribution in [0.1, 0.15) is 0 Å². The van der Waals surface area contributed by atoms with Crippen molar-refractivity contribution in [2.45, 2.75) is 12.3 Å². The molecule has 1 aromatic carbocycles. The molecule has 0 bridgehead atoms. The molecule has 0 amide bonds. The fraction of sp³-hybridized carbons (Fsp3) is 0.333. The van der Waals surface area contributed by atoms with Crippen molar-refractivity contribution in [2.75, 3.05) is 5.75 Å². The minimum Gasteiger partial charge on any atom is -0.479 e. The fourth-order valence-corrected chi connectivity index (χ4v) is 2.10. The lowest BCUT2D eigenvalue weighted by Gasteiger charge is -2.21. The van der Waals surface area contributed by atoms with Crippen LogP contribution in [0.25, 0.3) is 0 Å². The van der Waals surface area contributed by atoms with Crippen LogP contribution >= 0.6 is 15.9 Å². The van der Waals surface area contributed by atoms with Gasteiger partial charge >= 0.3 is 6.18 Å². The van der Waals surface area contributed by atoms with Gasteiger partial charge in [0.1, 0.15) is 11.5 Å². The fourth-order valence-electron chi connectivity index (χ4n) is 1.08. The van der Waals surface area contributed by atoms with Crippen molar-refractivity contribution in [3.63, 3.8) is 0 Å². The van der Waals surface area contributed by atoms with Gasteiger partial charge in [-0.25, -0.2) is 0 Å². The van der Waals surface area contributed by atoms with Gasteiger partial charge in [0.25, 0.3) is 10.1 Å². The van der Waals surface area contributed by atoms with Crippen LogP contribution in [0.3, 0.4) is 0 Å². The van der Waals surface area contributed by atoms with Gasteiger partial charge in [0.05, 0.1) is 4.47 Å². The molecule has 9 heteroatoms. The van der Waals surface area contributed by atoms with E-state index in [9.17, 15) is 21.6 Å². The Morgan fingerprint density at radius 3 is 2.33 bits per heavy atom. The van der Waals surface area contributed by atoms with Gasteiger partial charge in [0, 0.05) is 0 Å². The summed E-state index contributed by atoms with van der Waals surface area (Å²) in [7, 11) is -4.80. The number of benzene rings is 1. The zero-order chi connectivity index (χ0) is 14.0. The summed E-state index contributed by atoms with van der Waals surface area (Å²) < 4.78 is 72.0. The highest BCUT2D eigenvalue weighted by molar-refractivity contribution is 9.10. The molecular formula is C9H8BrF3O4S. The van der Waals surface area contributed by atoms with E-state index in [1.807, 2.05) is 0 Å². The molecular weight excluding hydrogens is 341 g/mol. The molecule has 0 heterocycles. The van der Waals surface area contributed by atoms with Gasteiger partial charge in [-0.1, -0.05) is 12.1 Å². The van der Waals surface area contributed by atoms with Crippen molar-refractivity contribution in [1.29, 1.82) is 0 Å². The first-order valence-electron chi connectivity index (χ1n) is 4.52. The average Bonchev–Trinajstić information content (AvgIpc) is 2.17. The van der Waals surface area contributed by atoms with E-state index in [4.69, 9.17) is 4.55 Å². The summed E-state index contributed by atoms with van der Waals surface area (Å²) in [6.45, 7) is 0. The van der Waals surface area contributed by atoms with Gasteiger partial charge in [-0.3, -0.25) is 4.55 Å². The Labute approximate surface area is 110 Å². The van der Waals surface area contributed by atoms with Gasteiger partial charge in [0.15, 0.2) is 0 Å². The van der Waals surface area contributed by atoms with E-state index in [0.29, 0.717) is 0 Å². The Morgan fingerprint density at radius 2 is 1.89 bits per heavy atom. The van der Waals surface area contributed by atoms with Gasteiger partial charge in [0.2, 0.25) is 6.10 Å². The van der Waals surface area contributed by atoms with Crippen LogP contribution in [-0.4, -0.2) is 31.0 Å². The average molecular weight is 349 g/mol. The Morgan fingerprint density at radius 1 is 1.33 bits per heavy atom. The zero-order valence-electron chi connectivity index (χ0n) is 8.69. The van der Waals surface area contributed by atoms with Crippen LogP contribution in [0.2, 0.25) is 0 Å². The maximum absolute atomic E-state index is 12.6. The summed E-state index contributed by atoms with van der Waals surface area (Å²) in [5.41, 5.74) is 0. The first-order valence-corrected chi connectivity index (χ1v) is 6.93. The van der Waals surface area contributed by atoms with Gasteiger partial charge in [-0.05, 0) is 28.1 Å². The van der Waals surface area contributed by atoms with E-state index < -0.39 is 28.2 Å². The first kappa shape index (κ1) is 15.3. The predicted molar refractivity (Wildman–Crippen MR) is 61.0 cm³/mol. The lowest BCUT2D eigenvalue weighted by atomic mass is 10.3. The van der Waals surface area contributed by atoms with E-state index in [-0.39, 0.29) is 10.2 Å². The molecule has 0 aliphatic heterocycles. The van der Waals surface area contributed by atoms with E-state index in [1.54, 1.807) is 6.07 Å². The van der Waals surface area contributed by atoms with Crippen molar-refractivity contribution < 1.29 is 30.9 Å². The second-order valence-corrected chi connectivity index (χ2v) is 5.68. The van der Waals surface area contributed by atoms with E-state index >= 15 is 0 Å². The second-order valence-electron chi connectivity index (χ2n) is 3.33. The third-order valence-corrected chi connectivity index (χ3v) is 3.21. The number of rotatable bonds is 4. The van der Waals surface area contributed by atoms with Gasteiger partial charge < -0.3 is 4.74 Å². The Kier molecular flexibility index (Phi) is 4.62. The molecule has 1 N–H and O–H groups in total. The van der Waals surface area contributed by atoms with Gasteiger partial charge in [-0.2, -0.15) is 21.6 Å². The maximum atomic E-state index is 12.6. The number of alkyl halides is 3. The molecule has 1 aromatic rings. The summed E-state index contributed by atoms with van der Waals surface area (Å²) in [6.07, 6.45) is -7.54. The second kappa shape index (κ2) is 5.45. The van der Waals surface area contributed by atoms with Crippen molar-refractivity contribution >= 4 is 26.0 Å². The van der Waals surface area contributed by atoms with Crippen LogP contribution < -0.4 is 4.74 Å². The topological polar surface area (TPSA) is 63.6 Å². The Hall–Kier alpha value is -0.800. The van der Waals surface area contributed by atoms with Gasteiger partial charge in [-0.15, -0.1) is 0 Å². The molecule has 4 nitrogen and oxygen atoms in total. The largest absolute Gasteiger partial charge is 0.479 e. The van der Waals surface area contributed by atoms with E-state index in [2.05, 4.69) is 20.7 Å². The minimum absolute atomic E-state index is 0.163. The summed E-state index contributed by atoms with van der Waals surface area (Å²) >= 11 is 2.97.